The molecule has 0 aromatic heterocycles. The molecular weight excluding hydrogens is 336 g/mol. The van der Waals surface area contributed by atoms with Gasteiger partial charge >= 0.3 is 0 Å². The van der Waals surface area contributed by atoms with Gasteiger partial charge in [0.1, 0.15) is 11.9 Å². The molecule has 1 fully saturated rings. The number of rotatable bonds is 1. The molecule has 2 aliphatic carbocycles. The zero-order valence-corrected chi connectivity index (χ0v) is 15.3. The molecule has 1 aromatic carbocycles. The molecule has 1 heterocycles. The van der Waals surface area contributed by atoms with Crippen LogP contribution in [0.15, 0.2) is 23.5 Å². The quantitative estimate of drug-likeness (QED) is 0.803. The summed E-state index contributed by atoms with van der Waals surface area (Å²) in [5.41, 5.74) is -1.33. The molecule has 1 saturated heterocycles. The molecule has 0 unspecified atom stereocenters. The Morgan fingerprint density at radius 3 is 2.50 bits per heavy atom. The minimum absolute atomic E-state index is 0.0181. The van der Waals surface area contributed by atoms with Gasteiger partial charge < -0.3 is 19.7 Å². The van der Waals surface area contributed by atoms with Crippen molar-refractivity contribution in [2.45, 2.75) is 39.4 Å². The number of Topliss-reactive ketones (excluding diaryl/α,β-unsaturated/α-hetero) is 1. The highest BCUT2D eigenvalue weighted by molar-refractivity contribution is 6.23. The van der Waals surface area contributed by atoms with Crippen molar-refractivity contribution in [3.8, 4) is 11.5 Å². The lowest BCUT2D eigenvalue weighted by molar-refractivity contribution is -0.00669. The van der Waals surface area contributed by atoms with Crippen molar-refractivity contribution in [3.05, 3.63) is 40.2 Å². The second-order valence-corrected chi connectivity index (χ2v) is 7.64. The lowest BCUT2D eigenvalue weighted by Gasteiger charge is -2.39. The van der Waals surface area contributed by atoms with Crippen LogP contribution in [0.25, 0.3) is 5.57 Å². The van der Waals surface area contributed by atoms with E-state index in [4.69, 9.17) is 9.47 Å². The van der Waals surface area contributed by atoms with Crippen molar-refractivity contribution in [3.63, 3.8) is 0 Å². The van der Waals surface area contributed by atoms with Gasteiger partial charge in [0.25, 0.3) is 0 Å². The second-order valence-electron chi connectivity index (χ2n) is 7.64. The summed E-state index contributed by atoms with van der Waals surface area (Å²) in [7, 11) is 1.34. The molecule has 2 N–H and O–H groups in total. The van der Waals surface area contributed by atoms with E-state index in [0.29, 0.717) is 16.7 Å². The maximum Gasteiger partial charge on any atom is 0.207 e. The number of phenolic OH excluding ortho intramolecular Hbond substituents is 1. The first-order valence-corrected chi connectivity index (χ1v) is 8.43. The first kappa shape index (κ1) is 16.8. The molecule has 6 heteroatoms. The van der Waals surface area contributed by atoms with E-state index in [0.717, 1.165) is 0 Å². The predicted molar refractivity (Wildman–Crippen MR) is 93.3 cm³/mol. The fourth-order valence-electron chi connectivity index (χ4n) is 4.13. The van der Waals surface area contributed by atoms with Gasteiger partial charge in [0, 0.05) is 22.1 Å². The summed E-state index contributed by atoms with van der Waals surface area (Å²) in [5, 5.41) is 22.2. The molecule has 0 spiro atoms. The third kappa shape index (κ3) is 1.61. The Balaban J connectivity index is 2.21. The number of allylic oxidation sites excluding steroid dienone is 3. The molecule has 136 valence electrons. The summed E-state index contributed by atoms with van der Waals surface area (Å²) in [4.78, 5) is 25.9. The third-order valence-corrected chi connectivity index (χ3v) is 6.10. The zero-order chi connectivity index (χ0) is 19.2. The number of fused-ring (bicyclic) bond motifs is 1. The van der Waals surface area contributed by atoms with Crippen LogP contribution in [-0.4, -0.2) is 40.6 Å². The van der Waals surface area contributed by atoms with E-state index >= 15 is 0 Å². The van der Waals surface area contributed by atoms with E-state index in [-0.39, 0.29) is 34.2 Å². The molecular formula is C20H20O6. The standard InChI is InChI=1S/C20H20O6/c1-8-6-11(21)10-7-12(25-5)16(22)15-14(10)13(8)18-20(24,17(15)23)19(3,4)9(2)26-18/h6-7,9,22,24H,1-5H3/t9-,20+/m0/s1. The van der Waals surface area contributed by atoms with Crippen molar-refractivity contribution < 1.29 is 29.3 Å². The molecule has 3 aliphatic rings. The summed E-state index contributed by atoms with van der Waals surface area (Å²) in [6.45, 7) is 7.01. The van der Waals surface area contributed by atoms with E-state index in [2.05, 4.69) is 0 Å². The van der Waals surface area contributed by atoms with Crippen molar-refractivity contribution in [2.75, 3.05) is 7.11 Å². The number of aromatic hydroxyl groups is 1. The minimum Gasteiger partial charge on any atom is -0.504 e. The Kier molecular flexibility index (Phi) is 3.09. The molecule has 6 nitrogen and oxygen atoms in total. The molecule has 1 aliphatic heterocycles. The average Bonchev–Trinajstić information content (AvgIpc) is 2.75. The monoisotopic (exact) mass is 356 g/mol. The van der Waals surface area contributed by atoms with Crippen LogP contribution in [-0.2, 0) is 4.74 Å². The van der Waals surface area contributed by atoms with Crippen LogP contribution >= 0.6 is 0 Å². The average molecular weight is 356 g/mol. The number of ether oxygens (including phenoxy) is 2. The van der Waals surface area contributed by atoms with Gasteiger partial charge in [-0.25, -0.2) is 0 Å². The number of carbonyl (C=O) groups excluding carboxylic acids is 2. The predicted octanol–water partition coefficient (Wildman–Crippen LogP) is 2.63. The molecule has 0 saturated carbocycles. The summed E-state index contributed by atoms with van der Waals surface area (Å²) < 4.78 is 11.1. The summed E-state index contributed by atoms with van der Waals surface area (Å²) in [6, 6.07) is 1.42. The molecule has 26 heavy (non-hydrogen) atoms. The fraction of sp³-hybridized carbons (Fsp3) is 0.400. The summed E-state index contributed by atoms with van der Waals surface area (Å²) >= 11 is 0. The maximum absolute atomic E-state index is 13.4. The maximum atomic E-state index is 13.4. The van der Waals surface area contributed by atoms with Gasteiger partial charge in [-0.1, -0.05) is 13.8 Å². The van der Waals surface area contributed by atoms with Crippen LogP contribution in [0.5, 0.6) is 11.5 Å². The lowest BCUT2D eigenvalue weighted by Crippen LogP contribution is -2.53. The van der Waals surface area contributed by atoms with Gasteiger partial charge in [-0.3, -0.25) is 9.59 Å². The van der Waals surface area contributed by atoms with Gasteiger partial charge in [-0.15, -0.1) is 0 Å². The van der Waals surface area contributed by atoms with Gasteiger partial charge in [-0.05, 0) is 31.6 Å². The van der Waals surface area contributed by atoms with E-state index < -0.39 is 22.9 Å². The van der Waals surface area contributed by atoms with E-state index in [9.17, 15) is 19.8 Å². The smallest absolute Gasteiger partial charge is 0.207 e. The molecule has 2 atom stereocenters. The van der Waals surface area contributed by atoms with Crippen molar-refractivity contribution in [1.29, 1.82) is 0 Å². The molecule has 0 bridgehead atoms. The van der Waals surface area contributed by atoms with Crippen molar-refractivity contribution in [2.24, 2.45) is 5.41 Å². The Morgan fingerprint density at radius 2 is 1.88 bits per heavy atom. The number of hydrogen-bond donors (Lipinski definition) is 2. The van der Waals surface area contributed by atoms with E-state index in [1.807, 2.05) is 0 Å². The number of methoxy groups -OCH3 is 1. The molecule has 4 rings (SSSR count). The number of phenols is 1. The number of benzene rings is 1. The van der Waals surface area contributed by atoms with Crippen LogP contribution in [0, 0.1) is 5.41 Å². The van der Waals surface area contributed by atoms with Gasteiger partial charge in [0.2, 0.25) is 5.78 Å². The zero-order valence-electron chi connectivity index (χ0n) is 15.3. The first-order chi connectivity index (χ1) is 12.1. The molecule has 0 radical (unpaired) electrons. The topological polar surface area (TPSA) is 93.1 Å². The summed E-state index contributed by atoms with van der Waals surface area (Å²) in [6.07, 6.45) is 1.01. The van der Waals surface area contributed by atoms with Crippen LogP contribution < -0.4 is 4.74 Å². The largest absolute Gasteiger partial charge is 0.504 e. The molecule has 0 amide bonds. The Hall–Kier alpha value is -2.60. The number of ketones is 2. The van der Waals surface area contributed by atoms with Crippen LogP contribution in [0.3, 0.4) is 0 Å². The van der Waals surface area contributed by atoms with Gasteiger partial charge in [0.15, 0.2) is 22.9 Å². The van der Waals surface area contributed by atoms with Crippen LogP contribution in [0.4, 0.5) is 0 Å². The number of carbonyl (C=O) groups is 2. The van der Waals surface area contributed by atoms with Crippen LogP contribution in [0.1, 0.15) is 54.0 Å². The van der Waals surface area contributed by atoms with E-state index in [1.165, 1.54) is 19.3 Å². The normalized spacial score (nSPS) is 28.4. The summed E-state index contributed by atoms with van der Waals surface area (Å²) in [5.74, 6) is -1.17. The minimum atomic E-state index is -1.94. The second kappa shape index (κ2) is 4.76. The van der Waals surface area contributed by atoms with Gasteiger partial charge in [-0.2, -0.15) is 0 Å². The van der Waals surface area contributed by atoms with Gasteiger partial charge in [0.05, 0.1) is 12.7 Å². The van der Waals surface area contributed by atoms with Crippen molar-refractivity contribution in [1.82, 2.24) is 0 Å². The highest BCUT2D eigenvalue weighted by atomic mass is 16.5. The Labute approximate surface area is 150 Å². The Bertz CT molecular complexity index is 965. The fourth-order valence-corrected chi connectivity index (χ4v) is 4.13. The molecule has 1 aromatic rings. The number of aliphatic hydroxyl groups is 1. The SMILES string of the molecule is COc1cc2c3c(c1O)C(=O)[C@@]1(O)C(=C3C(C)=CC2=O)O[C@@H](C)C1(C)C. The first-order valence-electron chi connectivity index (χ1n) is 8.43. The number of hydrogen-bond acceptors (Lipinski definition) is 6. The van der Waals surface area contributed by atoms with Crippen molar-refractivity contribution >= 4 is 17.1 Å². The highest BCUT2D eigenvalue weighted by Gasteiger charge is 2.66. The Morgan fingerprint density at radius 1 is 1.23 bits per heavy atom. The highest BCUT2D eigenvalue weighted by Crippen LogP contribution is 2.59. The lowest BCUT2D eigenvalue weighted by atomic mass is 9.63. The van der Waals surface area contributed by atoms with E-state index in [1.54, 1.807) is 27.7 Å². The third-order valence-electron chi connectivity index (χ3n) is 6.10. The van der Waals surface area contributed by atoms with Crippen LogP contribution in [0.2, 0.25) is 0 Å².